The van der Waals surface area contributed by atoms with Crippen LogP contribution in [0.4, 0.5) is 5.69 Å². The van der Waals surface area contributed by atoms with E-state index in [9.17, 15) is 9.59 Å². The topological polar surface area (TPSA) is 62.3 Å². The van der Waals surface area contributed by atoms with E-state index in [1.807, 2.05) is 91.9 Å². The van der Waals surface area contributed by atoms with Crippen molar-refractivity contribution in [1.82, 2.24) is 10.3 Å². The molecule has 4 rings (SSSR count). The minimum absolute atomic E-state index is 0.260. The van der Waals surface area contributed by atoms with Crippen molar-refractivity contribution in [2.75, 3.05) is 4.90 Å². The lowest BCUT2D eigenvalue weighted by atomic mass is 10.0. The van der Waals surface area contributed by atoms with E-state index < -0.39 is 11.4 Å². The zero-order valence-corrected chi connectivity index (χ0v) is 21.0. The van der Waals surface area contributed by atoms with E-state index in [1.165, 1.54) is 4.90 Å². The summed E-state index contributed by atoms with van der Waals surface area (Å²) in [6.07, 6.45) is 3.24. The summed E-state index contributed by atoms with van der Waals surface area (Å²) in [4.78, 5) is 32.9. The first-order valence-electron chi connectivity index (χ1n) is 11.8. The van der Waals surface area contributed by atoms with Crippen LogP contribution in [0.3, 0.4) is 0 Å². The third-order valence-electron chi connectivity index (χ3n) is 6.00. The van der Waals surface area contributed by atoms with Crippen LogP contribution in [0.5, 0.6) is 0 Å². The van der Waals surface area contributed by atoms with E-state index in [2.05, 4.69) is 10.3 Å². The van der Waals surface area contributed by atoms with Gasteiger partial charge in [-0.1, -0.05) is 78.9 Å². The zero-order chi connectivity index (χ0) is 25.5. The van der Waals surface area contributed by atoms with Crippen molar-refractivity contribution >= 4 is 29.1 Å². The Hall–Kier alpha value is -3.96. The number of amides is 2. The summed E-state index contributed by atoms with van der Waals surface area (Å²) in [5, 5.41) is 2.24. The van der Waals surface area contributed by atoms with Gasteiger partial charge in [0.2, 0.25) is 11.8 Å². The first kappa shape index (κ1) is 25.1. The first-order valence-corrected chi connectivity index (χ1v) is 12.3. The molecule has 1 N–H and O–H groups in total. The molecule has 3 aromatic carbocycles. The van der Waals surface area contributed by atoms with Gasteiger partial charge in [0, 0.05) is 23.6 Å². The van der Waals surface area contributed by atoms with E-state index in [0.29, 0.717) is 11.3 Å². The summed E-state index contributed by atoms with van der Waals surface area (Å²) in [6.45, 7) is 3.53. The molecule has 0 bridgehead atoms. The molecular formula is C30H28ClN3O2. The Morgan fingerprint density at radius 2 is 1.36 bits per heavy atom. The van der Waals surface area contributed by atoms with Crippen LogP contribution in [0.2, 0.25) is 0 Å². The molecule has 0 radical (unpaired) electrons. The van der Waals surface area contributed by atoms with Crippen molar-refractivity contribution in [3.05, 3.63) is 121 Å². The molecule has 3 unspecified atom stereocenters. The van der Waals surface area contributed by atoms with Gasteiger partial charge < -0.3 is 5.32 Å². The smallest absolute Gasteiger partial charge is 0.248 e. The quantitative estimate of drug-likeness (QED) is 0.289. The van der Waals surface area contributed by atoms with Crippen LogP contribution in [0, 0.1) is 0 Å². The van der Waals surface area contributed by atoms with Crippen molar-refractivity contribution in [3.63, 3.8) is 0 Å². The standard InChI is InChI=1S/C30H28ClN3O2/c1-21(31)30(36)34(27-17-15-25(16-18-27)24-12-7-4-8-13-24)28(26-14-9-19-32-20-26)29(35)33-22(2)23-10-5-3-6-11-23/h3-22,28H,1-2H3,(H,33,35). The van der Waals surface area contributed by atoms with Crippen molar-refractivity contribution < 1.29 is 9.59 Å². The highest BCUT2D eigenvalue weighted by Crippen LogP contribution is 2.32. The van der Waals surface area contributed by atoms with Gasteiger partial charge in [-0.15, -0.1) is 11.6 Å². The minimum Gasteiger partial charge on any atom is -0.347 e. The van der Waals surface area contributed by atoms with Crippen molar-refractivity contribution in [1.29, 1.82) is 0 Å². The molecule has 1 aromatic heterocycles. The monoisotopic (exact) mass is 497 g/mol. The predicted octanol–water partition coefficient (Wildman–Crippen LogP) is 6.33. The molecule has 2 amide bonds. The van der Waals surface area contributed by atoms with Gasteiger partial charge in [-0.05, 0) is 48.7 Å². The number of nitrogens with zero attached hydrogens (tertiary/aromatic N) is 2. The second kappa shape index (κ2) is 11.6. The lowest BCUT2D eigenvalue weighted by Crippen LogP contribution is -2.46. The summed E-state index contributed by atoms with van der Waals surface area (Å²) in [5.41, 5.74) is 4.19. The molecule has 0 saturated heterocycles. The normalized spacial score (nSPS) is 13.3. The number of nitrogens with one attached hydrogen (secondary N) is 1. The average Bonchev–Trinajstić information content (AvgIpc) is 2.92. The third kappa shape index (κ3) is 5.81. The van der Waals surface area contributed by atoms with Crippen molar-refractivity contribution in [3.8, 4) is 11.1 Å². The Morgan fingerprint density at radius 1 is 0.778 bits per heavy atom. The molecule has 0 fully saturated rings. The van der Waals surface area contributed by atoms with Gasteiger partial charge in [-0.2, -0.15) is 0 Å². The molecule has 0 aliphatic carbocycles. The van der Waals surface area contributed by atoms with Gasteiger partial charge in [0.1, 0.15) is 11.4 Å². The number of carbonyl (C=O) groups is 2. The van der Waals surface area contributed by atoms with Crippen LogP contribution in [0.1, 0.15) is 37.1 Å². The maximum atomic E-state index is 13.8. The molecule has 4 aromatic rings. The van der Waals surface area contributed by atoms with Crippen LogP contribution < -0.4 is 10.2 Å². The molecule has 0 aliphatic heterocycles. The minimum atomic E-state index is -0.957. The van der Waals surface area contributed by atoms with Gasteiger partial charge >= 0.3 is 0 Å². The van der Waals surface area contributed by atoms with Crippen LogP contribution in [-0.4, -0.2) is 22.2 Å². The van der Waals surface area contributed by atoms with Gasteiger partial charge in [0.05, 0.1) is 6.04 Å². The summed E-state index contributed by atoms with van der Waals surface area (Å²) >= 11 is 6.30. The average molecular weight is 498 g/mol. The molecule has 0 spiro atoms. The summed E-state index contributed by atoms with van der Waals surface area (Å²) in [6, 6.07) is 29.6. The molecule has 0 saturated carbocycles. The Balaban J connectivity index is 1.74. The first-order chi connectivity index (χ1) is 17.5. The lowest BCUT2D eigenvalue weighted by molar-refractivity contribution is -0.126. The predicted molar refractivity (Wildman–Crippen MR) is 145 cm³/mol. The van der Waals surface area contributed by atoms with Gasteiger partial charge in [0.25, 0.3) is 0 Å². The highest BCUT2D eigenvalue weighted by Gasteiger charge is 2.35. The number of pyridine rings is 1. The Labute approximate surface area is 216 Å². The van der Waals surface area contributed by atoms with Crippen LogP contribution in [0.25, 0.3) is 11.1 Å². The Morgan fingerprint density at radius 3 is 1.94 bits per heavy atom. The van der Waals surface area contributed by atoms with Crippen LogP contribution in [0.15, 0.2) is 109 Å². The molecule has 182 valence electrons. The largest absolute Gasteiger partial charge is 0.347 e. The molecule has 1 heterocycles. The fourth-order valence-corrected chi connectivity index (χ4v) is 4.22. The number of carbonyl (C=O) groups excluding carboxylic acids is 2. The fourth-order valence-electron chi connectivity index (χ4n) is 4.11. The summed E-state index contributed by atoms with van der Waals surface area (Å²) < 4.78 is 0. The maximum absolute atomic E-state index is 13.8. The van der Waals surface area contributed by atoms with Gasteiger partial charge in [-0.3, -0.25) is 19.5 Å². The zero-order valence-electron chi connectivity index (χ0n) is 20.2. The molecular weight excluding hydrogens is 470 g/mol. The summed E-state index contributed by atoms with van der Waals surface area (Å²) in [7, 11) is 0. The number of anilines is 1. The van der Waals surface area contributed by atoms with Gasteiger partial charge in [0.15, 0.2) is 0 Å². The lowest BCUT2D eigenvalue weighted by Gasteiger charge is -2.33. The highest BCUT2D eigenvalue weighted by atomic mass is 35.5. The molecule has 0 aliphatic rings. The number of hydrogen-bond acceptors (Lipinski definition) is 3. The second-order valence-corrected chi connectivity index (χ2v) is 9.22. The second-order valence-electron chi connectivity index (χ2n) is 8.57. The molecule has 36 heavy (non-hydrogen) atoms. The van der Waals surface area contributed by atoms with Crippen LogP contribution >= 0.6 is 11.6 Å². The van der Waals surface area contributed by atoms with E-state index in [0.717, 1.165) is 16.7 Å². The maximum Gasteiger partial charge on any atom is 0.248 e. The number of aromatic nitrogens is 1. The fraction of sp³-hybridized carbons (Fsp3) is 0.167. The SMILES string of the molecule is CC(Cl)C(=O)N(c1ccc(-c2ccccc2)cc1)C(C(=O)NC(C)c1ccccc1)c1cccnc1. The molecule has 6 heteroatoms. The van der Waals surface area contributed by atoms with E-state index in [1.54, 1.807) is 31.5 Å². The number of alkyl halides is 1. The number of benzene rings is 3. The number of rotatable bonds is 8. The highest BCUT2D eigenvalue weighted by molar-refractivity contribution is 6.33. The summed E-state index contributed by atoms with van der Waals surface area (Å²) in [5.74, 6) is -0.697. The van der Waals surface area contributed by atoms with Crippen molar-refractivity contribution in [2.24, 2.45) is 0 Å². The van der Waals surface area contributed by atoms with E-state index in [4.69, 9.17) is 11.6 Å². The molecule has 5 nitrogen and oxygen atoms in total. The Kier molecular flexibility index (Phi) is 8.13. The van der Waals surface area contributed by atoms with E-state index >= 15 is 0 Å². The van der Waals surface area contributed by atoms with Crippen molar-refractivity contribution in [2.45, 2.75) is 31.3 Å². The number of hydrogen-bond donors (Lipinski definition) is 1. The van der Waals surface area contributed by atoms with E-state index in [-0.39, 0.29) is 17.9 Å². The third-order valence-corrected chi connectivity index (χ3v) is 6.18. The van der Waals surface area contributed by atoms with Gasteiger partial charge in [-0.25, -0.2) is 0 Å². The number of halogens is 1. The molecule has 3 atom stereocenters. The van der Waals surface area contributed by atoms with Crippen LogP contribution in [-0.2, 0) is 9.59 Å². The Bertz CT molecular complexity index is 1280.